The summed E-state index contributed by atoms with van der Waals surface area (Å²) < 4.78 is 17.6. The molecule has 2 rings (SSSR count). The Balaban J connectivity index is 1.76. The Morgan fingerprint density at radius 1 is 0.867 bits per heavy atom. The summed E-state index contributed by atoms with van der Waals surface area (Å²) in [6.45, 7) is 6.41. The van der Waals surface area contributed by atoms with Crippen LogP contribution in [0, 0.1) is 10.1 Å². The molecule has 0 saturated carbocycles. The molecule has 6 nitrogen and oxygen atoms in total. The summed E-state index contributed by atoms with van der Waals surface area (Å²) in [5, 5.41) is 10.7. The summed E-state index contributed by atoms with van der Waals surface area (Å²) in [5.41, 5.74) is 2.04. The van der Waals surface area contributed by atoms with Gasteiger partial charge in [0, 0.05) is 25.3 Å². The lowest BCUT2D eigenvalue weighted by Crippen LogP contribution is -2.24. The first-order valence-electron chi connectivity index (χ1n) is 10.5. The van der Waals surface area contributed by atoms with Crippen molar-refractivity contribution in [1.82, 2.24) is 0 Å². The van der Waals surface area contributed by atoms with Gasteiger partial charge >= 0.3 is 9.28 Å². The number of nitrogens with zero attached hydrogens (tertiary/aromatic N) is 1. The highest BCUT2D eigenvalue weighted by molar-refractivity contribution is 6.44. The summed E-state index contributed by atoms with van der Waals surface area (Å²) >= 11 is 0. The van der Waals surface area contributed by atoms with E-state index in [-0.39, 0.29) is 5.69 Å². The third-order valence-corrected chi connectivity index (χ3v) is 6.42. The molecule has 2 aromatic carbocycles. The molecule has 0 atom stereocenters. The number of hydrogen-bond acceptors (Lipinski definition) is 5. The van der Waals surface area contributed by atoms with E-state index in [0.717, 1.165) is 55.4 Å². The summed E-state index contributed by atoms with van der Waals surface area (Å²) in [7, 11) is -1.58. The lowest BCUT2D eigenvalue weighted by molar-refractivity contribution is -0.384. The predicted molar refractivity (Wildman–Crippen MR) is 123 cm³/mol. The van der Waals surface area contributed by atoms with Crippen molar-refractivity contribution in [3.8, 4) is 5.75 Å². The zero-order valence-corrected chi connectivity index (χ0v) is 18.9. The summed E-state index contributed by atoms with van der Waals surface area (Å²) in [4.78, 5) is 10.3. The molecule has 162 valence electrons. The van der Waals surface area contributed by atoms with E-state index in [1.54, 1.807) is 12.1 Å². The number of hydrogen-bond donors (Lipinski definition) is 0. The average molecular weight is 430 g/mol. The Kier molecular flexibility index (Phi) is 10.9. The van der Waals surface area contributed by atoms with Crippen LogP contribution < -0.4 is 4.74 Å². The molecule has 0 aliphatic heterocycles. The van der Waals surface area contributed by atoms with Crippen LogP contribution in [0.5, 0.6) is 5.75 Å². The minimum Gasteiger partial charge on any atom is -0.494 e. The molecule has 0 fully saturated rings. The van der Waals surface area contributed by atoms with Gasteiger partial charge in [-0.2, -0.15) is 0 Å². The van der Waals surface area contributed by atoms with Gasteiger partial charge in [-0.25, -0.2) is 0 Å². The monoisotopic (exact) mass is 429 g/mol. The molecule has 0 unspecified atom stereocenters. The normalized spacial score (nSPS) is 11.3. The van der Waals surface area contributed by atoms with Crippen LogP contribution in [-0.2, 0) is 8.85 Å². The summed E-state index contributed by atoms with van der Waals surface area (Å²) in [6, 6.07) is 15.3. The minimum atomic E-state index is -1.58. The quantitative estimate of drug-likeness (QED) is 0.128. The van der Waals surface area contributed by atoms with Gasteiger partial charge in [-0.3, -0.25) is 10.1 Å². The van der Waals surface area contributed by atoms with Gasteiger partial charge in [0.2, 0.25) is 0 Å². The molecule has 0 heterocycles. The van der Waals surface area contributed by atoms with Gasteiger partial charge in [-0.1, -0.05) is 38.1 Å². The topological polar surface area (TPSA) is 70.8 Å². The van der Waals surface area contributed by atoms with Crippen LogP contribution in [0.1, 0.15) is 44.2 Å². The minimum absolute atomic E-state index is 0.0940. The number of nitro benzene ring substituents is 1. The maximum Gasteiger partial charge on any atom is 0.321 e. The molecule has 0 saturated heterocycles. The Morgan fingerprint density at radius 2 is 1.40 bits per heavy atom. The van der Waals surface area contributed by atoms with Crippen LogP contribution in [0.15, 0.2) is 48.5 Å². The van der Waals surface area contributed by atoms with Crippen molar-refractivity contribution in [3.05, 3.63) is 69.8 Å². The first kappa shape index (κ1) is 23.8. The molecule has 2 aromatic rings. The molecular weight excluding hydrogens is 398 g/mol. The molecule has 0 radical (unpaired) electrons. The van der Waals surface area contributed by atoms with Crippen molar-refractivity contribution in [2.75, 3.05) is 19.8 Å². The fourth-order valence-corrected chi connectivity index (χ4v) is 4.65. The maximum atomic E-state index is 10.7. The zero-order valence-electron chi connectivity index (χ0n) is 17.8. The fraction of sp³-hybridized carbons (Fsp3) is 0.391. The van der Waals surface area contributed by atoms with Gasteiger partial charge in [0.25, 0.3) is 5.69 Å². The first-order chi connectivity index (χ1) is 14.6. The van der Waals surface area contributed by atoms with Crippen LogP contribution in [0.3, 0.4) is 0 Å². The van der Waals surface area contributed by atoms with Crippen molar-refractivity contribution in [1.29, 1.82) is 0 Å². The van der Waals surface area contributed by atoms with Crippen LogP contribution in [0.2, 0.25) is 6.04 Å². The molecule has 0 spiro atoms. The Labute approximate surface area is 180 Å². The van der Waals surface area contributed by atoms with Crippen LogP contribution in [0.25, 0.3) is 12.2 Å². The van der Waals surface area contributed by atoms with Crippen LogP contribution in [-0.4, -0.2) is 34.0 Å². The van der Waals surface area contributed by atoms with Crippen LogP contribution in [0.4, 0.5) is 5.69 Å². The van der Waals surface area contributed by atoms with Crippen molar-refractivity contribution in [2.45, 2.75) is 39.2 Å². The van der Waals surface area contributed by atoms with Gasteiger partial charge < -0.3 is 13.6 Å². The molecule has 0 aromatic heterocycles. The largest absolute Gasteiger partial charge is 0.494 e. The number of rotatable bonds is 14. The van der Waals surface area contributed by atoms with E-state index in [4.69, 9.17) is 13.6 Å². The number of ether oxygens (including phenoxy) is 1. The van der Waals surface area contributed by atoms with Gasteiger partial charge in [0.05, 0.1) is 11.5 Å². The molecule has 0 amide bonds. The lowest BCUT2D eigenvalue weighted by atomic mass is 10.1. The molecular formula is C23H31NO5Si. The summed E-state index contributed by atoms with van der Waals surface area (Å²) in [6.07, 6.45) is 6.85. The number of benzene rings is 2. The lowest BCUT2D eigenvalue weighted by Gasteiger charge is -2.16. The van der Waals surface area contributed by atoms with E-state index in [2.05, 4.69) is 13.8 Å². The van der Waals surface area contributed by atoms with E-state index in [0.29, 0.717) is 6.61 Å². The SMILES string of the molecule is CCCO[SiH](CCCOc1ccc(C=Cc2ccc([N+](=O)[O-])cc2)cc1)OCCC. The van der Waals surface area contributed by atoms with Crippen molar-refractivity contribution in [2.24, 2.45) is 0 Å². The summed E-state index contributed by atoms with van der Waals surface area (Å²) in [5.74, 6) is 0.838. The standard InChI is InChI=1S/C23H31NO5Si/c1-3-16-28-30(29-17-4-2)19-5-18-27-23-14-10-21(11-15-23)7-6-20-8-12-22(13-9-20)24(25)26/h6-15,30H,3-5,16-19H2,1-2H3. The second-order valence-corrected chi connectivity index (χ2v) is 9.02. The van der Waals surface area contributed by atoms with Gasteiger partial charge in [-0.05, 0) is 60.7 Å². The molecule has 0 N–H and O–H groups in total. The van der Waals surface area contributed by atoms with Crippen molar-refractivity contribution in [3.63, 3.8) is 0 Å². The molecule has 0 bridgehead atoms. The first-order valence-corrected chi connectivity index (χ1v) is 12.3. The maximum absolute atomic E-state index is 10.7. The second-order valence-electron chi connectivity index (χ2n) is 6.91. The number of non-ortho nitro benzene ring substituents is 1. The Morgan fingerprint density at radius 3 is 1.90 bits per heavy atom. The molecule has 0 aliphatic carbocycles. The Bertz CT molecular complexity index is 769. The molecule has 0 aliphatic rings. The predicted octanol–water partition coefficient (Wildman–Crippen LogP) is 5.61. The fourth-order valence-electron chi connectivity index (χ4n) is 2.73. The highest BCUT2D eigenvalue weighted by Gasteiger charge is 2.12. The Hall–Kier alpha value is -2.48. The average Bonchev–Trinajstić information content (AvgIpc) is 2.77. The smallest absolute Gasteiger partial charge is 0.321 e. The molecule has 7 heteroatoms. The zero-order chi connectivity index (χ0) is 21.6. The van der Waals surface area contributed by atoms with Gasteiger partial charge in [0.15, 0.2) is 0 Å². The van der Waals surface area contributed by atoms with Crippen molar-refractivity contribution >= 4 is 27.1 Å². The van der Waals surface area contributed by atoms with Gasteiger partial charge in [0.1, 0.15) is 5.75 Å². The van der Waals surface area contributed by atoms with Crippen LogP contribution >= 0.6 is 0 Å². The van der Waals surface area contributed by atoms with E-state index < -0.39 is 14.2 Å². The van der Waals surface area contributed by atoms with Crippen molar-refractivity contribution < 1.29 is 18.5 Å². The van der Waals surface area contributed by atoms with E-state index >= 15 is 0 Å². The third-order valence-electron chi connectivity index (χ3n) is 4.32. The third kappa shape index (κ3) is 8.90. The van der Waals surface area contributed by atoms with Gasteiger partial charge in [-0.15, -0.1) is 0 Å². The van der Waals surface area contributed by atoms with E-state index in [9.17, 15) is 10.1 Å². The highest BCUT2D eigenvalue weighted by atomic mass is 28.3. The van der Waals surface area contributed by atoms with E-state index in [1.807, 2.05) is 36.4 Å². The molecule has 30 heavy (non-hydrogen) atoms. The number of nitro groups is 1. The van der Waals surface area contributed by atoms with E-state index in [1.165, 1.54) is 12.1 Å². The second kappa shape index (κ2) is 13.7. The highest BCUT2D eigenvalue weighted by Crippen LogP contribution is 2.17.